The van der Waals surface area contributed by atoms with Gasteiger partial charge in [-0.3, -0.25) is 0 Å². The van der Waals surface area contributed by atoms with Gasteiger partial charge in [0.15, 0.2) is 0 Å². The van der Waals surface area contributed by atoms with Crippen molar-refractivity contribution < 1.29 is 0 Å². The average molecular weight is 247 g/mol. The SMILES string of the molecule is CCCc1ccc(-c2ccnc(CCl)n2)cc1. The fourth-order valence-corrected chi connectivity index (χ4v) is 1.88. The van der Waals surface area contributed by atoms with E-state index < -0.39 is 0 Å². The molecule has 0 spiro atoms. The molecular formula is C14H15ClN2. The van der Waals surface area contributed by atoms with Crippen LogP contribution >= 0.6 is 11.6 Å². The maximum Gasteiger partial charge on any atom is 0.143 e. The molecule has 2 rings (SSSR count). The van der Waals surface area contributed by atoms with Crippen molar-refractivity contribution in [1.29, 1.82) is 0 Å². The van der Waals surface area contributed by atoms with E-state index in [9.17, 15) is 0 Å². The Labute approximate surface area is 107 Å². The number of aryl methyl sites for hydroxylation is 1. The summed E-state index contributed by atoms with van der Waals surface area (Å²) in [6, 6.07) is 10.4. The molecule has 0 aliphatic rings. The van der Waals surface area contributed by atoms with E-state index in [1.54, 1.807) is 6.20 Å². The summed E-state index contributed by atoms with van der Waals surface area (Å²) in [6.45, 7) is 2.19. The van der Waals surface area contributed by atoms with Crippen molar-refractivity contribution in [3.8, 4) is 11.3 Å². The molecule has 1 aromatic carbocycles. The molecule has 0 saturated heterocycles. The van der Waals surface area contributed by atoms with Gasteiger partial charge in [-0.25, -0.2) is 9.97 Å². The van der Waals surface area contributed by atoms with Crippen molar-refractivity contribution in [2.24, 2.45) is 0 Å². The first-order chi connectivity index (χ1) is 8.33. The fraction of sp³-hybridized carbons (Fsp3) is 0.286. The number of nitrogens with zero attached hydrogens (tertiary/aromatic N) is 2. The van der Waals surface area contributed by atoms with Gasteiger partial charge in [0.05, 0.1) is 11.6 Å². The molecule has 17 heavy (non-hydrogen) atoms. The van der Waals surface area contributed by atoms with Gasteiger partial charge >= 0.3 is 0 Å². The topological polar surface area (TPSA) is 25.8 Å². The van der Waals surface area contributed by atoms with Crippen LogP contribution in [0.5, 0.6) is 0 Å². The molecule has 2 aromatic rings. The third-order valence-electron chi connectivity index (χ3n) is 2.61. The van der Waals surface area contributed by atoms with Crippen LogP contribution in [0.1, 0.15) is 24.7 Å². The van der Waals surface area contributed by atoms with Gasteiger partial charge in [-0.1, -0.05) is 37.6 Å². The molecule has 0 radical (unpaired) electrons. The summed E-state index contributed by atoms with van der Waals surface area (Å²) in [5.74, 6) is 1.02. The maximum absolute atomic E-state index is 5.73. The molecule has 0 fully saturated rings. The summed E-state index contributed by atoms with van der Waals surface area (Å²) in [4.78, 5) is 8.48. The molecule has 0 bridgehead atoms. The molecule has 0 saturated carbocycles. The lowest BCUT2D eigenvalue weighted by atomic mass is 10.1. The van der Waals surface area contributed by atoms with Crippen LogP contribution in [0.25, 0.3) is 11.3 Å². The first-order valence-electron chi connectivity index (χ1n) is 5.80. The minimum Gasteiger partial charge on any atom is -0.240 e. The number of aromatic nitrogens is 2. The summed E-state index contributed by atoms with van der Waals surface area (Å²) < 4.78 is 0. The van der Waals surface area contributed by atoms with Crippen LogP contribution < -0.4 is 0 Å². The molecule has 0 aliphatic heterocycles. The minimum atomic E-state index is 0.349. The van der Waals surface area contributed by atoms with E-state index in [0.29, 0.717) is 11.7 Å². The van der Waals surface area contributed by atoms with E-state index >= 15 is 0 Å². The maximum atomic E-state index is 5.73. The first-order valence-corrected chi connectivity index (χ1v) is 6.34. The van der Waals surface area contributed by atoms with Crippen LogP contribution in [-0.2, 0) is 12.3 Å². The van der Waals surface area contributed by atoms with Crippen molar-refractivity contribution in [1.82, 2.24) is 9.97 Å². The van der Waals surface area contributed by atoms with Crippen molar-refractivity contribution in [2.75, 3.05) is 0 Å². The molecule has 0 N–H and O–H groups in total. The Bertz CT molecular complexity index is 480. The van der Waals surface area contributed by atoms with E-state index in [0.717, 1.165) is 17.7 Å². The normalized spacial score (nSPS) is 10.5. The van der Waals surface area contributed by atoms with E-state index in [1.807, 2.05) is 6.07 Å². The van der Waals surface area contributed by atoms with E-state index in [1.165, 1.54) is 12.0 Å². The van der Waals surface area contributed by atoms with Gasteiger partial charge in [-0.2, -0.15) is 0 Å². The lowest BCUT2D eigenvalue weighted by Gasteiger charge is -2.04. The molecule has 0 amide bonds. The Hall–Kier alpha value is -1.41. The number of benzene rings is 1. The van der Waals surface area contributed by atoms with E-state index in [-0.39, 0.29) is 0 Å². The lowest BCUT2D eigenvalue weighted by molar-refractivity contribution is 0.922. The number of rotatable bonds is 4. The Morgan fingerprint density at radius 3 is 2.53 bits per heavy atom. The smallest absolute Gasteiger partial charge is 0.143 e. The standard InChI is InChI=1S/C14H15ClN2/c1-2-3-11-4-6-12(7-5-11)13-8-9-16-14(10-15)17-13/h4-9H,2-3,10H2,1H3. The quantitative estimate of drug-likeness (QED) is 0.766. The summed E-state index contributed by atoms with van der Waals surface area (Å²) in [6.07, 6.45) is 4.04. The molecule has 1 aromatic heterocycles. The van der Waals surface area contributed by atoms with Crippen molar-refractivity contribution in [3.63, 3.8) is 0 Å². The number of hydrogen-bond acceptors (Lipinski definition) is 2. The number of hydrogen-bond donors (Lipinski definition) is 0. The first kappa shape index (κ1) is 12.1. The second-order valence-electron chi connectivity index (χ2n) is 3.94. The Kier molecular flexibility index (Phi) is 4.10. The highest BCUT2D eigenvalue weighted by atomic mass is 35.5. The molecule has 88 valence electrons. The summed E-state index contributed by atoms with van der Waals surface area (Å²) >= 11 is 5.73. The van der Waals surface area contributed by atoms with Crippen molar-refractivity contribution in [2.45, 2.75) is 25.6 Å². The van der Waals surface area contributed by atoms with Gasteiger partial charge < -0.3 is 0 Å². The molecule has 0 unspecified atom stereocenters. The predicted octanol–water partition coefficient (Wildman–Crippen LogP) is 3.83. The lowest BCUT2D eigenvalue weighted by Crippen LogP contribution is -1.93. The van der Waals surface area contributed by atoms with Gasteiger partial charge in [0, 0.05) is 11.8 Å². The Morgan fingerprint density at radius 1 is 1.12 bits per heavy atom. The highest BCUT2D eigenvalue weighted by Gasteiger charge is 2.01. The highest BCUT2D eigenvalue weighted by Crippen LogP contribution is 2.18. The van der Waals surface area contributed by atoms with Gasteiger partial charge in [-0.05, 0) is 18.1 Å². The zero-order chi connectivity index (χ0) is 12.1. The second kappa shape index (κ2) is 5.78. The van der Waals surface area contributed by atoms with Crippen LogP contribution in [0, 0.1) is 0 Å². The van der Waals surface area contributed by atoms with Gasteiger partial charge in [0.1, 0.15) is 5.82 Å². The largest absolute Gasteiger partial charge is 0.240 e. The average Bonchev–Trinajstić information content (AvgIpc) is 2.40. The molecule has 0 aliphatic carbocycles. The summed E-state index contributed by atoms with van der Waals surface area (Å²) in [7, 11) is 0. The molecular weight excluding hydrogens is 232 g/mol. The summed E-state index contributed by atoms with van der Waals surface area (Å²) in [5.41, 5.74) is 3.40. The minimum absolute atomic E-state index is 0.349. The highest BCUT2D eigenvalue weighted by molar-refractivity contribution is 6.16. The van der Waals surface area contributed by atoms with Crippen LogP contribution in [0.4, 0.5) is 0 Å². The van der Waals surface area contributed by atoms with Crippen LogP contribution in [0.2, 0.25) is 0 Å². The molecule has 0 atom stereocenters. The van der Waals surface area contributed by atoms with E-state index in [2.05, 4.69) is 41.2 Å². The van der Waals surface area contributed by atoms with Crippen LogP contribution in [0.3, 0.4) is 0 Å². The zero-order valence-corrected chi connectivity index (χ0v) is 10.6. The number of alkyl halides is 1. The van der Waals surface area contributed by atoms with Crippen LogP contribution in [0.15, 0.2) is 36.5 Å². The van der Waals surface area contributed by atoms with Crippen molar-refractivity contribution in [3.05, 3.63) is 47.9 Å². The molecule has 3 heteroatoms. The Morgan fingerprint density at radius 2 is 1.88 bits per heavy atom. The third-order valence-corrected chi connectivity index (χ3v) is 2.85. The number of halogens is 1. The van der Waals surface area contributed by atoms with E-state index in [4.69, 9.17) is 11.6 Å². The van der Waals surface area contributed by atoms with Crippen molar-refractivity contribution >= 4 is 11.6 Å². The summed E-state index contributed by atoms with van der Waals surface area (Å²) in [5, 5.41) is 0. The Balaban J connectivity index is 2.26. The predicted molar refractivity (Wildman–Crippen MR) is 71.0 cm³/mol. The van der Waals surface area contributed by atoms with Gasteiger partial charge in [-0.15, -0.1) is 11.6 Å². The monoisotopic (exact) mass is 246 g/mol. The van der Waals surface area contributed by atoms with Gasteiger partial charge in [0.25, 0.3) is 0 Å². The van der Waals surface area contributed by atoms with Crippen LogP contribution in [-0.4, -0.2) is 9.97 Å². The molecule has 1 heterocycles. The second-order valence-corrected chi connectivity index (χ2v) is 4.21. The molecule has 2 nitrogen and oxygen atoms in total. The third kappa shape index (κ3) is 3.04. The van der Waals surface area contributed by atoms with Gasteiger partial charge in [0.2, 0.25) is 0 Å². The fourth-order valence-electron chi connectivity index (χ4n) is 1.76. The zero-order valence-electron chi connectivity index (χ0n) is 9.86.